The predicted octanol–water partition coefficient (Wildman–Crippen LogP) is 6.03. The van der Waals surface area contributed by atoms with Gasteiger partial charge in [-0.15, -0.1) is 0 Å². The van der Waals surface area contributed by atoms with Crippen molar-refractivity contribution in [1.82, 2.24) is 4.57 Å². The summed E-state index contributed by atoms with van der Waals surface area (Å²) in [6.45, 7) is 0. The Morgan fingerprint density at radius 1 is 0.720 bits per heavy atom. The maximum atomic E-state index is 13.8. The number of halogens is 1. The van der Waals surface area contributed by atoms with Crippen molar-refractivity contribution in [2.45, 2.75) is 0 Å². The molecule has 0 spiro atoms. The van der Waals surface area contributed by atoms with E-state index in [1.807, 2.05) is 79.0 Å². The molecular weight excluding hydrogens is 311 g/mol. The highest BCUT2D eigenvalue weighted by Gasteiger charge is 2.13. The van der Waals surface area contributed by atoms with Crippen molar-refractivity contribution in [2.75, 3.05) is 5.32 Å². The zero-order valence-electron chi connectivity index (χ0n) is 13.6. The molecule has 0 saturated carbocycles. The van der Waals surface area contributed by atoms with Crippen molar-refractivity contribution in [3.8, 4) is 16.9 Å². The molecular formula is C22H17FN2. The summed E-state index contributed by atoms with van der Waals surface area (Å²) in [5.41, 5.74) is 4.70. The Morgan fingerprint density at radius 2 is 1.44 bits per heavy atom. The van der Waals surface area contributed by atoms with Gasteiger partial charge in [-0.1, -0.05) is 48.5 Å². The molecule has 1 aromatic heterocycles. The Bertz CT molecular complexity index is 975. The highest BCUT2D eigenvalue weighted by molar-refractivity contribution is 5.80. The van der Waals surface area contributed by atoms with Crippen molar-refractivity contribution < 1.29 is 4.39 Å². The molecule has 0 atom stereocenters. The van der Waals surface area contributed by atoms with E-state index in [0.29, 0.717) is 0 Å². The molecule has 0 amide bonds. The monoisotopic (exact) mass is 328 g/mol. The molecule has 1 heterocycles. The summed E-state index contributed by atoms with van der Waals surface area (Å²) >= 11 is 0. The van der Waals surface area contributed by atoms with Gasteiger partial charge in [0.2, 0.25) is 0 Å². The van der Waals surface area contributed by atoms with Crippen LogP contribution in [0.15, 0.2) is 97.2 Å². The minimum absolute atomic E-state index is 0.246. The average molecular weight is 328 g/mol. The second-order valence-corrected chi connectivity index (χ2v) is 5.78. The molecule has 0 radical (unpaired) electrons. The zero-order chi connectivity index (χ0) is 17.1. The highest BCUT2D eigenvalue weighted by atomic mass is 19.1. The summed E-state index contributed by atoms with van der Waals surface area (Å²) in [4.78, 5) is 0. The number of anilines is 2. The van der Waals surface area contributed by atoms with Gasteiger partial charge in [0, 0.05) is 23.1 Å². The van der Waals surface area contributed by atoms with Crippen molar-refractivity contribution in [3.63, 3.8) is 0 Å². The van der Waals surface area contributed by atoms with E-state index in [2.05, 4.69) is 9.88 Å². The van der Waals surface area contributed by atoms with E-state index in [-0.39, 0.29) is 5.82 Å². The quantitative estimate of drug-likeness (QED) is 0.484. The highest BCUT2D eigenvalue weighted by Crippen LogP contribution is 2.34. The second-order valence-electron chi connectivity index (χ2n) is 5.78. The topological polar surface area (TPSA) is 17.0 Å². The van der Waals surface area contributed by atoms with Crippen molar-refractivity contribution in [1.29, 1.82) is 0 Å². The summed E-state index contributed by atoms with van der Waals surface area (Å²) in [7, 11) is 0. The number of para-hydroxylation sites is 2. The maximum absolute atomic E-state index is 13.8. The van der Waals surface area contributed by atoms with Crippen LogP contribution in [-0.4, -0.2) is 4.57 Å². The van der Waals surface area contributed by atoms with Gasteiger partial charge in [-0.25, -0.2) is 4.39 Å². The molecule has 4 rings (SSSR count). The Hall–Kier alpha value is -3.33. The Balaban J connectivity index is 1.86. The molecule has 2 nitrogen and oxygen atoms in total. The SMILES string of the molecule is Fc1cccc(-c2c(Nc3ccccc3)ccn2-c2ccccc2)c1. The van der Waals surface area contributed by atoms with Crippen molar-refractivity contribution in [2.24, 2.45) is 0 Å². The smallest absolute Gasteiger partial charge is 0.123 e. The van der Waals surface area contributed by atoms with Crippen LogP contribution in [0.2, 0.25) is 0 Å². The third kappa shape index (κ3) is 3.17. The van der Waals surface area contributed by atoms with E-state index in [4.69, 9.17) is 0 Å². The predicted molar refractivity (Wildman–Crippen MR) is 101 cm³/mol. The van der Waals surface area contributed by atoms with Gasteiger partial charge in [0.25, 0.3) is 0 Å². The summed E-state index contributed by atoms with van der Waals surface area (Å²) < 4.78 is 15.9. The van der Waals surface area contributed by atoms with Crippen molar-refractivity contribution in [3.05, 3.63) is 103 Å². The van der Waals surface area contributed by atoms with Crippen LogP contribution in [0, 0.1) is 5.82 Å². The minimum Gasteiger partial charge on any atom is -0.354 e. The first-order valence-corrected chi connectivity index (χ1v) is 8.16. The van der Waals surface area contributed by atoms with E-state index in [0.717, 1.165) is 28.3 Å². The number of hydrogen-bond acceptors (Lipinski definition) is 1. The normalized spacial score (nSPS) is 10.6. The lowest BCUT2D eigenvalue weighted by atomic mass is 10.1. The number of hydrogen-bond donors (Lipinski definition) is 1. The van der Waals surface area contributed by atoms with E-state index < -0.39 is 0 Å². The summed E-state index contributed by atoms with van der Waals surface area (Å²) in [6.07, 6.45) is 2.00. The van der Waals surface area contributed by atoms with Crippen LogP contribution in [0.5, 0.6) is 0 Å². The first-order valence-electron chi connectivity index (χ1n) is 8.16. The molecule has 3 heteroatoms. The lowest BCUT2D eigenvalue weighted by molar-refractivity contribution is 0.628. The van der Waals surface area contributed by atoms with E-state index in [1.165, 1.54) is 6.07 Å². The second kappa shape index (κ2) is 6.65. The summed E-state index contributed by atoms with van der Waals surface area (Å²) in [5, 5.41) is 3.44. The fourth-order valence-electron chi connectivity index (χ4n) is 2.94. The first-order chi connectivity index (χ1) is 12.3. The molecule has 122 valence electrons. The van der Waals surface area contributed by atoms with Gasteiger partial charge in [-0.05, 0) is 42.5 Å². The molecule has 4 aromatic rings. The van der Waals surface area contributed by atoms with Gasteiger partial charge >= 0.3 is 0 Å². The van der Waals surface area contributed by atoms with E-state index in [9.17, 15) is 4.39 Å². The van der Waals surface area contributed by atoms with Gasteiger partial charge in [0.15, 0.2) is 0 Å². The largest absolute Gasteiger partial charge is 0.354 e. The van der Waals surface area contributed by atoms with Gasteiger partial charge in [0.1, 0.15) is 5.82 Å². The van der Waals surface area contributed by atoms with Crippen LogP contribution >= 0.6 is 0 Å². The third-order valence-corrected chi connectivity index (χ3v) is 4.07. The Kier molecular flexibility index (Phi) is 4.05. The number of nitrogens with one attached hydrogen (secondary N) is 1. The lowest BCUT2D eigenvalue weighted by Gasteiger charge is -2.13. The number of nitrogens with zero attached hydrogens (tertiary/aromatic N) is 1. The molecule has 0 bridgehead atoms. The van der Waals surface area contributed by atoms with E-state index >= 15 is 0 Å². The first kappa shape index (κ1) is 15.2. The standard InChI is InChI=1S/C22H17FN2/c23-18-9-7-8-17(16-18)22-21(24-19-10-3-1-4-11-19)14-15-25(22)20-12-5-2-6-13-20/h1-16,24H. The summed E-state index contributed by atoms with van der Waals surface area (Å²) in [6, 6.07) is 28.7. The molecule has 0 unspecified atom stereocenters. The van der Waals surface area contributed by atoms with Gasteiger partial charge in [0.05, 0.1) is 11.4 Å². The molecule has 0 aliphatic carbocycles. The van der Waals surface area contributed by atoms with Crippen molar-refractivity contribution >= 4 is 11.4 Å². The molecule has 25 heavy (non-hydrogen) atoms. The van der Waals surface area contributed by atoms with Crippen LogP contribution in [0.1, 0.15) is 0 Å². The molecule has 1 N–H and O–H groups in total. The van der Waals surface area contributed by atoms with E-state index in [1.54, 1.807) is 12.1 Å². The van der Waals surface area contributed by atoms with Gasteiger partial charge < -0.3 is 9.88 Å². The fourth-order valence-corrected chi connectivity index (χ4v) is 2.94. The zero-order valence-corrected chi connectivity index (χ0v) is 13.6. The van der Waals surface area contributed by atoms with Gasteiger partial charge in [-0.2, -0.15) is 0 Å². The number of benzene rings is 3. The maximum Gasteiger partial charge on any atom is 0.123 e. The average Bonchev–Trinajstić information content (AvgIpc) is 3.07. The lowest BCUT2D eigenvalue weighted by Crippen LogP contribution is -1.98. The molecule has 3 aromatic carbocycles. The number of aromatic nitrogens is 1. The van der Waals surface area contributed by atoms with Gasteiger partial charge in [-0.3, -0.25) is 0 Å². The van der Waals surface area contributed by atoms with Crippen LogP contribution in [-0.2, 0) is 0 Å². The van der Waals surface area contributed by atoms with Crippen LogP contribution < -0.4 is 5.32 Å². The van der Waals surface area contributed by atoms with Crippen LogP contribution in [0.25, 0.3) is 16.9 Å². The molecule has 0 fully saturated rings. The fraction of sp³-hybridized carbons (Fsp3) is 0. The minimum atomic E-state index is -0.246. The summed E-state index contributed by atoms with van der Waals surface area (Å²) in [5.74, 6) is -0.246. The van der Waals surface area contributed by atoms with Crippen LogP contribution in [0.4, 0.5) is 15.8 Å². The molecule has 0 aliphatic rings. The third-order valence-electron chi connectivity index (χ3n) is 4.07. The molecule has 0 aliphatic heterocycles. The van der Waals surface area contributed by atoms with Crippen LogP contribution in [0.3, 0.4) is 0 Å². The Morgan fingerprint density at radius 3 is 2.16 bits per heavy atom. The number of rotatable bonds is 4. The molecule has 0 saturated heterocycles. The Labute approximate surface area is 146 Å².